The Morgan fingerprint density at radius 3 is 2.53 bits per heavy atom. The highest BCUT2D eigenvalue weighted by Gasteiger charge is 2.46. The van der Waals surface area contributed by atoms with Crippen molar-refractivity contribution in [3.63, 3.8) is 0 Å². The molecule has 0 aliphatic heterocycles. The summed E-state index contributed by atoms with van der Waals surface area (Å²) < 4.78 is 5.70. The first kappa shape index (κ1) is 12.9. The maximum Gasteiger partial charge on any atom is 0.326 e. The Morgan fingerprint density at radius 2 is 1.94 bits per heavy atom. The van der Waals surface area contributed by atoms with Gasteiger partial charge in [-0.2, -0.15) is 0 Å². The molecule has 0 saturated heterocycles. The number of hydrogen-bond acceptors (Lipinski definition) is 3. The standard InChI is InChI=1S/C14H25NO2/c1-3-10-6-4-5-7-12(10)17-13(16)14(2,15)11-8-9-11/h10-12H,3-9,15H2,1-2H3. The second-order valence-electron chi connectivity index (χ2n) is 5.95. The van der Waals surface area contributed by atoms with Crippen LogP contribution in [0.15, 0.2) is 0 Å². The minimum Gasteiger partial charge on any atom is -0.461 e. The Hall–Kier alpha value is -0.570. The van der Waals surface area contributed by atoms with Gasteiger partial charge < -0.3 is 10.5 Å². The van der Waals surface area contributed by atoms with Crippen LogP contribution >= 0.6 is 0 Å². The van der Waals surface area contributed by atoms with Gasteiger partial charge in [0.1, 0.15) is 11.6 Å². The Bertz CT molecular complexity index is 284. The number of rotatable bonds is 4. The number of ether oxygens (including phenoxy) is 1. The van der Waals surface area contributed by atoms with Crippen molar-refractivity contribution in [1.82, 2.24) is 0 Å². The van der Waals surface area contributed by atoms with Gasteiger partial charge in [0, 0.05) is 0 Å². The second kappa shape index (κ2) is 4.97. The molecule has 3 heteroatoms. The molecule has 0 amide bonds. The van der Waals surface area contributed by atoms with Gasteiger partial charge in [0.05, 0.1) is 0 Å². The molecule has 0 spiro atoms. The van der Waals surface area contributed by atoms with E-state index in [9.17, 15) is 4.79 Å². The van der Waals surface area contributed by atoms with E-state index < -0.39 is 5.54 Å². The Balaban J connectivity index is 1.92. The lowest BCUT2D eigenvalue weighted by atomic mass is 9.84. The van der Waals surface area contributed by atoms with Crippen molar-refractivity contribution in [2.24, 2.45) is 17.6 Å². The SMILES string of the molecule is CCC1CCCCC1OC(=O)C(C)(N)C1CC1. The number of esters is 1. The first-order chi connectivity index (χ1) is 8.05. The van der Waals surface area contributed by atoms with Crippen molar-refractivity contribution in [3.8, 4) is 0 Å². The molecular formula is C14H25NO2. The van der Waals surface area contributed by atoms with Gasteiger partial charge in [0.15, 0.2) is 0 Å². The Kier molecular flexibility index (Phi) is 3.76. The fraction of sp³-hybridized carbons (Fsp3) is 0.929. The van der Waals surface area contributed by atoms with E-state index in [-0.39, 0.29) is 12.1 Å². The summed E-state index contributed by atoms with van der Waals surface area (Å²) in [5.74, 6) is 0.715. The molecule has 0 heterocycles. The molecule has 2 fully saturated rings. The zero-order valence-electron chi connectivity index (χ0n) is 11.1. The Morgan fingerprint density at radius 1 is 1.29 bits per heavy atom. The van der Waals surface area contributed by atoms with Crippen molar-refractivity contribution in [2.45, 2.75) is 70.4 Å². The largest absolute Gasteiger partial charge is 0.461 e. The van der Waals surface area contributed by atoms with E-state index in [2.05, 4.69) is 6.92 Å². The van der Waals surface area contributed by atoms with Gasteiger partial charge in [-0.05, 0) is 57.3 Å². The lowest BCUT2D eigenvalue weighted by molar-refractivity contribution is -0.160. The molecule has 0 bridgehead atoms. The van der Waals surface area contributed by atoms with E-state index in [1.807, 2.05) is 6.92 Å². The maximum atomic E-state index is 12.1. The van der Waals surface area contributed by atoms with E-state index in [1.165, 1.54) is 19.3 Å². The molecule has 2 rings (SSSR count). The zero-order valence-corrected chi connectivity index (χ0v) is 11.1. The highest BCUT2D eigenvalue weighted by Crippen LogP contribution is 2.39. The fourth-order valence-electron chi connectivity index (χ4n) is 2.91. The molecule has 3 unspecified atom stereocenters. The highest BCUT2D eigenvalue weighted by atomic mass is 16.5. The molecular weight excluding hydrogens is 214 g/mol. The van der Waals surface area contributed by atoms with Crippen molar-refractivity contribution >= 4 is 5.97 Å². The minimum absolute atomic E-state index is 0.114. The van der Waals surface area contributed by atoms with E-state index in [0.717, 1.165) is 25.7 Å². The van der Waals surface area contributed by atoms with Crippen molar-refractivity contribution < 1.29 is 9.53 Å². The minimum atomic E-state index is -0.754. The average molecular weight is 239 g/mol. The average Bonchev–Trinajstić information content (AvgIpc) is 3.13. The van der Waals surface area contributed by atoms with Gasteiger partial charge in [0.2, 0.25) is 0 Å². The van der Waals surface area contributed by atoms with E-state index in [1.54, 1.807) is 0 Å². The topological polar surface area (TPSA) is 52.3 Å². The van der Waals surface area contributed by atoms with Crippen LogP contribution in [0, 0.1) is 11.8 Å². The van der Waals surface area contributed by atoms with Crippen LogP contribution in [0.2, 0.25) is 0 Å². The lowest BCUT2D eigenvalue weighted by Crippen LogP contribution is -2.50. The lowest BCUT2D eigenvalue weighted by Gasteiger charge is -2.33. The quantitative estimate of drug-likeness (QED) is 0.767. The van der Waals surface area contributed by atoms with Crippen LogP contribution in [0.5, 0.6) is 0 Å². The third-order valence-corrected chi connectivity index (χ3v) is 4.49. The number of carbonyl (C=O) groups excluding carboxylic acids is 1. The van der Waals surface area contributed by atoms with E-state index >= 15 is 0 Å². The molecule has 2 aliphatic carbocycles. The monoisotopic (exact) mass is 239 g/mol. The first-order valence-electron chi connectivity index (χ1n) is 7.05. The predicted octanol–water partition coefficient (Wildman–Crippen LogP) is 2.63. The summed E-state index contributed by atoms with van der Waals surface area (Å²) >= 11 is 0. The summed E-state index contributed by atoms with van der Waals surface area (Å²) in [4.78, 5) is 12.1. The van der Waals surface area contributed by atoms with Gasteiger partial charge in [-0.1, -0.05) is 13.3 Å². The van der Waals surface area contributed by atoms with Crippen LogP contribution < -0.4 is 5.73 Å². The summed E-state index contributed by atoms with van der Waals surface area (Å²) in [5.41, 5.74) is 5.34. The van der Waals surface area contributed by atoms with Crippen LogP contribution in [-0.2, 0) is 9.53 Å². The third-order valence-electron chi connectivity index (χ3n) is 4.49. The van der Waals surface area contributed by atoms with Crippen molar-refractivity contribution in [3.05, 3.63) is 0 Å². The summed E-state index contributed by atoms with van der Waals surface area (Å²) in [6.45, 7) is 4.01. The molecule has 0 aromatic rings. The van der Waals surface area contributed by atoms with Crippen LogP contribution in [0.3, 0.4) is 0 Å². The zero-order chi connectivity index (χ0) is 12.5. The third kappa shape index (κ3) is 2.82. The van der Waals surface area contributed by atoms with Crippen molar-refractivity contribution in [1.29, 1.82) is 0 Å². The molecule has 2 N–H and O–H groups in total. The van der Waals surface area contributed by atoms with Gasteiger partial charge in [-0.3, -0.25) is 4.79 Å². The molecule has 3 nitrogen and oxygen atoms in total. The molecule has 98 valence electrons. The smallest absolute Gasteiger partial charge is 0.326 e. The first-order valence-corrected chi connectivity index (χ1v) is 7.05. The van der Waals surface area contributed by atoms with Gasteiger partial charge in [0.25, 0.3) is 0 Å². The molecule has 2 aliphatic rings. The summed E-state index contributed by atoms with van der Waals surface area (Å²) in [6.07, 6.45) is 8.03. The summed E-state index contributed by atoms with van der Waals surface area (Å²) in [7, 11) is 0. The van der Waals surface area contributed by atoms with Crippen LogP contribution in [0.1, 0.15) is 58.8 Å². The van der Waals surface area contributed by atoms with Gasteiger partial charge in [-0.25, -0.2) is 0 Å². The van der Waals surface area contributed by atoms with Crippen LogP contribution in [-0.4, -0.2) is 17.6 Å². The maximum absolute atomic E-state index is 12.1. The summed E-state index contributed by atoms with van der Waals surface area (Å²) in [6, 6.07) is 0. The number of carbonyl (C=O) groups is 1. The van der Waals surface area contributed by atoms with Gasteiger partial charge in [-0.15, -0.1) is 0 Å². The number of hydrogen-bond donors (Lipinski definition) is 1. The molecule has 3 atom stereocenters. The van der Waals surface area contributed by atoms with Gasteiger partial charge >= 0.3 is 5.97 Å². The number of nitrogens with two attached hydrogens (primary N) is 1. The highest BCUT2D eigenvalue weighted by molar-refractivity contribution is 5.81. The van der Waals surface area contributed by atoms with E-state index in [4.69, 9.17) is 10.5 Å². The molecule has 0 aromatic heterocycles. The van der Waals surface area contributed by atoms with Crippen LogP contribution in [0.25, 0.3) is 0 Å². The predicted molar refractivity (Wildman–Crippen MR) is 67.4 cm³/mol. The van der Waals surface area contributed by atoms with Crippen molar-refractivity contribution in [2.75, 3.05) is 0 Å². The summed E-state index contributed by atoms with van der Waals surface area (Å²) in [5, 5.41) is 0. The second-order valence-corrected chi connectivity index (χ2v) is 5.95. The molecule has 17 heavy (non-hydrogen) atoms. The molecule has 0 aromatic carbocycles. The van der Waals surface area contributed by atoms with Crippen LogP contribution in [0.4, 0.5) is 0 Å². The van der Waals surface area contributed by atoms with E-state index in [0.29, 0.717) is 11.8 Å². The molecule has 2 saturated carbocycles. The Labute approximate surface area is 104 Å². The normalized spacial score (nSPS) is 32.9. The fourth-order valence-corrected chi connectivity index (χ4v) is 2.91. The molecule has 0 radical (unpaired) electrons.